The number of hydrogen-bond acceptors (Lipinski definition) is 2. The molecule has 0 N–H and O–H groups in total. The quantitative estimate of drug-likeness (QED) is 0.621. The summed E-state index contributed by atoms with van der Waals surface area (Å²) >= 11 is 1.77. The predicted octanol–water partition coefficient (Wildman–Crippen LogP) is 2.57. The Hall–Kier alpha value is -1.15. The summed E-state index contributed by atoms with van der Waals surface area (Å²) in [5.41, 5.74) is 1.28. The fourth-order valence-corrected chi connectivity index (χ4v) is 3.18. The minimum Gasteiger partial charge on any atom is -0.299 e. The van der Waals surface area contributed by atoms with Crippen LogP contribution in [0.3, 0.4) is 0 Å². The van der Waals surface area contributed by atoms with Gasteiger partial charge in [0.15, 0.2) is 0 Å². The molecule has 0 saturated heterocycles. The highest BCUT2D eigenvalue weighted by molar-refractivity contribution is 7.19. The van der Waals surface area contributed by atoms with Gasteiger partial charge in [-0.1, -0.05) is 18.2 Å². The van der Waals surface area contributed by atoms with E-state index < -0.39 is 0 Å². The molecule has 0 bridgehead atoms. The molecule has 1 aliphatic carbocycles. The van der Waals surface area contributed by atoms with Crippen LogP contribution in [0.2, 0.25) is 0 Å². The summed E-state index contributed by atoms with van der Waals surface area (Å²) in [6, 6.07) is 8.33. The Bertz CT molecular complexity index is 496. The normalized spacial score (nSPS) is 15.2. The largest absolute Gasteiger partial charge is 0.299 e. The minimum atomic E-state index is 0.368. The van der Waals surface area contributed by atoms with Gasteiger partial charge < -0.3 is 0 Å². The van der Waals surface area contributed by atoms with Gasteiger partial charge in [0.2, 0.25) is 0 Å². The summed E-state index contributed by atoms with van der Waals surface area (Å²) in [5, 5.41) is 1.29. The monoisotopic (exact) mass is 188 g/mol. The average molecular weight is 188 g/mol. The van der Waals surface area contributed by atoms with Gasteiger partial charge in [-0.05, 0) is 17.0 Å². The lowest BCUT2D eigenvalue weighted by Gasteiger charge is -1.90. The van der Waals surface area contributed by atoms with Crippen molar-refractivity contribution in [1.29, 1.82) is 0 Å². The van der Waals surface area contributed by atoms with Gasteiger partial charge in [-0.25, -0.2) is 0 Å². The number of Topliss-reactive ketones (excluding diaryl/α,β-unsaturated/α-hetero) is 1. The van der Waals surface area contributed by atoms with Crippen molar-refractivity contribution in [2.24, 2.45) is 0 Å². The van der Waals surface area contributed by atoms with E-state index in [1.807, 2.05) is 6.07 Å². The molecule has 1 aromatic heterocycles. The van der Waals surface area contributed by atoms with E-state index in [-0.39, 0.29) is 0 Å². The van der Waals surface area contributed by atoms with Crippen molar-refractivity contribution >= 4 is 27.2 Å². The number of ketones is 1. The number of benzene rings is 1. The van der Waals surface area contributed by atoms with Gasteiger partial charge in [0.05, 0.1) is 0 Å². The molecule has 0 saturated carbocycles. The third kappa shape index (κ3) is 0.954. The third-order valence-electron chi connectivity index (χ3n) is 2.51. The van der Waals surface area contributed by atoms with E-state index in [1.54, 1.807) is 11.3 Å². The lowest BCUT2D eigenvalue weighted by Crippen LogP contribution is -1.93. The van der Waals surface area contributed by atoms with Crippen molar-refractivity contribution in [3.63, 3.8) is 0 Å². The van der Waals surface area contributed by atoms with Crippen molar-refractivity contribution in [1.82, 2.24) is 0 Å². The Morgan fingerprint density at radius 2 is 2.00 bits per heavy atom. The Balaban J connectivity index is 2.37. The van der Waals surface area contributed by atoms with E-state index in [0.29, 0.717) is 18.6 Å². The van der Waals surface area contributed by atoms with Gasteiger partial charge in [-0.15, -0.1) is 11.3 Å². The summed E-state index contributed by atoms with van der Waals surface area (Å²) < 4.78 is 1.32. The maximum absolute atomic E-state index is 11.2. The van der Waals surface area contributed by atoms with Crippen LogP contribution in [0.1, 0.15) is 10.4 Å². The van der Waals surface area contributed by atoms with Crippen LogP contribution in [0, 0.1) is 0 Å². The van der Waals surface area contributed by atoms with Crippen molar-refractivity contribution in [3.8, 4) is 0 Å². The van der Waals surface area contributed by atoms with Gasteiger partial charge in [0.1, 0.15) is 5.78 Å². The molecule has 0 atom stereocenters. The molecule has 13 heavy (non-hydrogen) atoms. The summed E-state index contributed by atoms with van der Waals surface area (Å²) in [6.45, 7) is 0. The SMILES string of the molecule is O=C1Cc2sc3ccccc3c2C1. The van der Waals surface area contributed by atoms with E-state index >= 15 is 0 Å². The fourth-order valence-electron chi connectivity index (χ4n) is 1.92. The first kappa shape index (κ1) is 7.27. The van der Waals surface area contributed by atoms with Crippen molar-refractivity contribution < 1.29 is 4.79 Å². The predicted molar refractivity (Wildman–Crippen MR) is 54.2 cm³/mol. The fraction of sp³-hybridized carbons (Fsp3) is 0.182. The molecule has 1 aliphatic rings. The zero-order valence-corrected chi connectivity index (χ0v) is 7.86. The molecule has 3 rings (SSSR count). The van der Waals surface area contributed by atoms with Crippen LogP contribution < -0.4 is 0 Å². The first-order chi connectivity index (χ1) is 6.34. The smallest absolute Gasteiger partial charge is 0.142 e. The summed E-state index contributed by atoms with van der Waals surface area (Å²) in [6.07, 6.45) is 1.31. The first-order valence-corrected chi connectivity index (χ1v) is 5.17. The Kier molecular flexibility index (Phi) is 1.35. The maximum atomic E-state index is 11.2. The molecule has 64 valence electrons. The molecule has 0 aliphatic heterocycles. The van der Waals surface area contributed by atoms with Crippen LogP contribution >= 0.6 is 11.3 Å². The minimum absolute atomic E-state index is 0.368. The average Bonchev–Trinajstić information content (AvgIpc) is 2.60. The van der Waals surface area contributed by atoms with Crippen LogP contribution in [-0.2, 0) is 17.6 Å². The molecule has 0 unspecified atom stereocenters. The van der Waals surface area contributed by atoms with Crippen molar-refractivity contribution in [2.45, 2.75) is 12.8 Å². The molecule has 1 heterocycles. The number of rotatable bonds is 0. The standard InChI is InChI=1S/C11H8OS/c12-7-5-9-8-3-1-2-4-10(8)13-11(9)6-7/h1-4H,5-6H2. The summed E-state index contributed by atoms with van der Waals surface area (Å²) in [5.74, 6) is 0.368. The summed E-state index contributed by atoms with van der Waals surface area (Å²) in [7, 11) is 0. The molecule has 2 aromatic rings. The third-order valence-corrected chi connectivity index (χ3v) is 3.73. The van der Waals surface area contributed by atoms with Crippen molar-refractivity contribution in [2.75, 3.05) is 0 Å². The maximum Gasteiger partial charge on any atom is 0.142 e. The number of hydrogen-bond donors (Lipinski definition) is 0. The second-order valence-corrected chi connectivity index (χ2v) is 4.53. The zero-order chi connectivity index (χ0) is 8.84. The molecule has 2 heteroatoms. The van der Waals surface area contributed by atoms with Crippen LogP contribution in [0.25, 0.3) is 10.1 Å². The molecule has 0 fully saturated rings. The van der Waals surface area contributed by atoms with E-state index in [0.717, 1.165) is 0 Å². The van der Waals surface area contributed by atoms with Gasteiger partial charge in [0.25, 0.3) is 0 Å². The molecule has 0 amide bonds. The Labute approximate surface area is 80.0 Å². The number of carbonyl (C=O) groups is 1. The van der Waals surface area contributed by atoms with E-state index in [4.69, 9.17) is 0 Å². The van der Waals surface area contributed by atoms with E-state index in [2.05, 4.69) is 18.2 Å². The van der Waals surface area contributed by atoms with Gasteiger partial charge in [-0.2, -0.15) is 0 Å². The van der Waals surface area contributed by atoms with Crippen LogP contribution in [-0.4, -0.2) is 5.78 Å². The highest BCUT2D eigenvalue weighted by atomic mass is 32.1. The molecule has 0 radical (unpaired) electrons. The lowest BCUT2D eigenvalue weighted by molar-refractivity contribution is -0.117. The highest BCUT2D eigenvalue weighted by Crippen LogP contribution is 2.35. The topological polar surface area (TPSA) is 17.1 Å². The molecule has 1 aromatic carbocycles. The van der Waals surface area contributed by atoms with Crippen LogP contribution in [0.4, 0.5) is 0 Å². The van der Waals surface area contributed by atoms with Crippen LogP contribution in [0.5, 0.6) is 0 Å². The number of fused-ring (bicyclic) bond motifs is 3. The second-order valence-electron chi connectivity index (χ2n) is 3.39. The summed E-state index contributed by atoms with van der Waals surface area (Å²) in [4.78, 5) is 12.5. The lowest BCUT2D eigenvalue weighted by atomic mass is 10.1. The van der Waals surface area contributed by atoms with Gasteiger partial charge in [0, 0.05) is 22.4 Å². The highest BCUT2D eigenvalue weighted by Gasteiger charge is 2.22. The Morgan fingerprint density at radius 3 is 2.92 bits per heavy atom. The number of thiophene rings is 1. The number of carbonyl (C=O) groups excluding carboxylic acids is 1. The first-order valence-electron chi connectivity index (χ1n) is 4.35. The van der Waals surface area contributed by atoms with Crippen molar-refractivity contribution in [3.05, 3.63) is 34.7 Å². The second kappa shape index (κ2) is 2.42. The van der Waals surface area contributed by atoms with E-state index in [1.165, 1.54) is 20.5 Å². The molecule has 0 spiro atoms. The molecular weight excluding hydrogens is 180 g/mol. The Morgan fingerprint density at radius 1 is 1.15 bits per heavy atom. The van der Waals surface area contributed by atoms with Crippen LogP contribution in [0.15, 0.2) is 24.3 Å². The zero-order valence-electron chi connectivity index (χ0n) is 7.04. The van der Waals surface area contributed by atoms with Gasteiger partial charge >= 0.3 is 0 Å². The van der Waals surface area contributed by atoms with Gasteiger partial charge in [-0.3, -0.25) is 4.79 Å². The molecule has 1 nitrogen and oxygen atoms in total. The van der Waals surface area contributed by atoms with E-state index in [9.17, 15) is 4.79 Å². The molecular formula is C11H8OS.